The predicted octanol–water partition coefficient (Wildman–Crippen LogP) is 4.10. The van der Waals surface area contributed by atoms with Crippen LogP contribution in [0.5, 0.6) is 5.75 Å². The van der Waals surface area contributed by atoms with Gasteiger partial charge in [0.25, 0.3) is 0 Å². The van der Waals surface area contributed by atoms with E-state index in [1.807, 2.05) is 41.0 Å². The first-order chi connectivity index (χ1) is 13.0. The van der Waals surface area contributed by atoms with E-state index >= 15 is 0 Å². The topological polar surface area (TPSA) is 61.2 Å². The van der Waals surface area contributed by atoms with Crippen molar-refractivity contribution in [1.29, 1.82) is 0 Å². The fourth-order valence-electron chi connectivity index (χ4n) is 3.05. The van der Waals surface area contributed by atoms with Crippen LogP contribution in [0.25, 0.3) is 27.8 Å². The zero-order valence-corrected chi connectivity index (χ0v) is 15.8. The molecule has 0 spiro atoms. The normalized spacial score (nSPS) is 11.6. The van der Waals surface area contributed by atoms with Gasteiger partial charge < -0.3 is 4.74 Å². The second-order valence-corrected chi connectivity index (χ2v) is 8.33. The highest BCUT2D eigenvalue weighted by Crippen LogP contribution is 2.28. The molecule has 0 aliphatic rings. The molecule has 3 aromatic carbocycles. The standard InChI is InChI=1S/C21H18N2O3S/c1-26-18-5-3-4-15(12-18)16-6-11-20-21(13-16)23(14-22-20)17-7-9-19(10-8-17)27(2,24)25/h3-14H,1-2H3. The maximum absolute atomic E-state index is 11.7. The molecular weight excluding hydrogens is 360 g/mol. The Morgan fingerprint density at radius 3 is 2.37 bits per heavy atom. The lowest BCUT2D eigenvalue weighted by Gasteiger charge is -2.08. The lowest BCUT2D eigenvalue weighted by Crippen LogP contribution is -1.98. The first kappa shape index (κ1) is 17.3. The van der Waals surface area contributed by atoms with Gasteiger partial charge in [-0.25, -0.2) is 13.4 Å². The Morgan fingerprint density at radius 1 is 0.926 bits per heavy atom. The maximum Gasteiger partial charge on any atom is 0.175 e. The van der Waals surface area contributed by atoms with Crippen LogP contribution in [-0.2, 0) is 9.84 Å². The van der Waals surface area contributed by atoms with Gasteiger partial charge in [0.15, 0.2) is 9.84 Å². The number of methoxy groups -OCH3 is 1. The quantitative estimate of drug-likeness (QED) is 0.536. The second kappa shape index (κ2) is 6.55. The first-order valence-corrected chi connectivity index (χ1v) is 10.3. The number of fused-ring (bicyclic) bond motifs is 1. The molecule has 4 aromatic rings. The second-order valence-electron chi connectivity index (χ2n) is 6.32. The molecule has 1 aromatic heterocycles. The van der Waals surface area contributed by atoms with Crippen molar-refractivity contribution >= 4 is 20.9 Å². The van der Waals surface area contributed by atoms with Crippen LogP contribution < -0.4 is 4.74 Å². The Kier molecular flexibility index (Phi) is 4.20. The maximum atomic E-state index is 11.7. The van der Waals surface area contributed by atoms with Crippen molar-refractivity contribution in [2.75, 3.05) is 13.4 Å². The Hall–Kier alpha value is -3.12. The average Bonchev–Trinajstić information content (AvgIpc) is 3.10. The summed E-state index contributed by atoms with van der Waals surface area (Å²) in [5.41, 5.74) is 4.77. The lowest BCUT2D eigenvalue weighted by atomic mass is 10.0. The van der Waals surface area contributed by atoms with E-state index in [9.17, 15) is 8.42 Å². The number of hydrogen-bond acceptors (Lipinski definition) is 4. The molecule has 27 heavy (non-hydrogen) atoms. The van der Waals surface area contributed by atoms with Crippen molar-refractivity contribution in [3.05, 3.63) is 73.1 Å². The van der Waals surface area contributed by atoms with Gasteiger partial charge in [-0.3, -0.25) is 4.57 Å². The highest BCUT2D eigenvalue weighted by Gasteiger charge is 2.10. The van der Waals surface area contributed by atoms with Crippen LogP contribution in [0, 0.1) is 0 Å². The van der Waals surface area contributed by atoms with Crippen LogP contribution >= 0.6 is 0 Å². The van der Waals surface area contributed by atoms with Crippen LogP contribution in [-0.4, -0.2) is 31.3 Å². The summed E-state index contributed by atoms with van der Waals surface area (Å²) in [5, 5.41) is 0. The third-order valence-corrected chi connectivity index (χ3v) is 5.62. The van der Waals surface area contributed by atoms with Gasteiger partial charge in [0, 0.05) is 11.9 Å². The highest BCUT2D eigenvalue weighted by molar-refractivity contribution is 7.90. The van der Waals surface area contributed by atoms with E-state index in [-0.39, 0.29) is 0 Å². The van der Waals surface area contributed by atoms with E-state index in [2.05, 4.69) is 11.1 Å². The van der Waals surface area contributed by atoms with E-state index in [0.29, 0.717) is 4.90 Å². The monoisotopic (exact) mass is 378 g/mol. The molecule has 136 valence electrons. The minimum atomic E-state index is -3.22. The summed E-state index contributed by atoms with van der Waals surface area (Å²) in [7, 11) is -1.57. The molecule has 0 aliphatic carbocycles. The summed E-state index contributed by atoms with van der Waals surface area (Å²) >= 11 is 0. The van der Waals surface area contributed by atoms with E-state index in [0.717, 1.165) is 33.6 Å². The summed E-state index contributed by atoms with van der Waals surface area (Å²) < 4.78 is 30.6. The van der Waals surface area contributed by atoms with Crippen molar-refractivity contribution in [2.45, 2.75) is 4.90 Å². The fourth-order valence-corrected chi connectivity index (χ4v) is 3.68. The van der Waals surface area contributed by atoms with Crippen molar-refractivity contribution < 1.29 is 13.2 Å². The molecule has 0 fully saturated rings. The fraction of sp³-hybridized carbons (Fsp3) is 0.0952. The number of ether oxygens (including phenoxy) is 1. The number of imidazole rings is 1. The molecule has 0 aliphatic heterocycles. The van der Waals surface area contributed by atoms with E-state index in [4.69, 9.17) is 4.74 Å². The van der Waals surface area contributed by atoms with Gasteiger partial charge in [-0.15, -0.1) is 0 Å². The van der Waals surface area contributed by atoms with Crippen LogP contribution in [0.4, 0.5) is 0 Å². The van der Waals surface area contributed by atoms with Gasteiger partial charge in [0.1, 0.15) is 12.1 Å². The largest absolute Gasteiger partial charge is 0.497 e. The van der Waals surface area contributed by atoms with Crippen molar-refractivity contribution in [2.24, 2.45) is 0 Å². The van der Waals surface area contributed by atoms with Crippen molar-refractivity contribution in [3.8, 4) is 22.6 Å². The van der Waals surface area contributed by atoms with Gasteiger partial charge >= 0.3 is 0 Å². The molecule has 1 heterocycles. The molecule has 4 rings (SSSR count). The highest BCUT2D eigenvalue weighted by atomic mass is 32.2. The van der Waals surface area contributed by atoms with Crippen molar-refractivity contribution in [3.63, 3.8) is 0 Å². The number of sulfone groups is 1. The minimum Gasteiger partial charge on any atom is -0.497 e. The molecular formula is C21H18N2O3S. The molecule has 0 radical (unpaired) electrons. The molecule has 6 heteroatoms. The molecule has 0 saturated heterocycles. The molecule has 0 unspecified atom stereocenters. The van der Waals surface area contributed by atoms with Gasteiger partial charge in [-0.1, -0.05) is 18.2 Å². The summed E-state index contributed by atoms with van der Waals surface area (Å²) in [6.45, 7) is 0. The first-order valence-electron chi connectivity index (χ1n) is 8.38. The number of nitrogens with zero attached hydrogens (tertiary/aromatic N) is 2. The number of benzene rings is 3. The zero-order valence-electron chi connectivity index (χ0n) is 15.0. The summed E-state index contributed by atoms with van der Waals surface area (Å²) in [6.07, 6.45) is 2.95. The zero-order chi connectivity index (χ0) is 19.0. The summed E-state index contributed by atoms with van der Waals surface area (Å²) in [6, 6.07) is 20.8. The smallest absolute Gasteiger partial charge is 0.175 e. The van der Waals surface area contributed by atoms with E-state index in [1.54, 1.807) is 37.7 Å². The summed E-state index contributed by atoms with van der Waals surface area (Å²) in [4.78, 5) is 4.75. The Labute approximate surface area is 157 Å². The van der Waals surface area contributed by atoms with E-state index < -0.39 is 9.84 Å². The Morgan fingerprint density at radius 2 is 1.67 bits per heavy atom. The van der Waals surface area contributed by atoms with Crippen LogP contribution in [0.3, 0.4) is 0 Å². The van der Waals surface area contributed by atoms with Gasteiger partial charge in [0.2, 0.25) is 0 Å². The molecule has 0 saturated carbocycles. The number of rotatable bonds is 4. The van der Waals surface area contributed by atoms with Crippen LogP contribution in [0.15, 0.2) is 78.0 Å². The van der Waals surface area contributed by atoms with Gasteiger partial charge in [-0.2, -0.15) is 0 Å². The SMILES string of the molecule is COc1cccc(-c2ccc3ncn(-c4ccc(S(C)(=O)=O)cc4)c3c2)c1. The number of aromatic nitrogens is 2. The third kappa shape index (κ3) is 3.31. The predicted molar refractivity (Wildman–Crippen MR) is 106 cm³/mol. The van der Waals surface area contributed by atoms with Gasteiger partial charge in [0.05, 0.1) is 23.0 Å². The molecule has 5 nitrogen and oxygen atoms in total. The Bertz CT molecular complexity index is 1230. The van der Waals surface area contributed by atoms with Crippen LogP contribution in [0.2, 0.25) is 0 Å². The van der Waals surface area contributed by atoms with Gasteiger partial charge in [-0.05, 0) is 59.7 Å². The number of hydrogen-bond donors (Lipinski definition) is 0. The molecule has 0 atom stereocenters. The lowest BCUT2D eigenvalue weighted by molar-refractivity contribution is 0.415. The average molecular weight is 378 g/mol. The molecule has 0 bridgehead atoms. The summed E-state index contributed by atoms with van der Waals surface area (Å²) in [5.74, 6) is 0.803. The van der Waals surface area contributed by atoms with E-state index in [1.165, 1.54) is 6.26 Å². The third-order valence-electron chi connectivity index (χ3n) is 4.49. The molecule has 0 amide bonds. The minimum absolute atomic E-state index is 0.299. The Balaban J connectivity index is 1.80. The van der Waals surface area contributed by atoms with Crippen molar-refractivity contribution in [1.82, 2.24) is 9.55 Å². The van der Waals surface area contributed by atoms with Crippen LogP contribution in [0.1, 0.15) is 0 Å². The molecule has 0 N–H and O–H groups in total.